The Morgan fingerprint density at radius 3 is 2.74 bits per heavy atom. The smallest absolute Gasteiger partial charge is 0.222 e. The molecule has 1 aliphatic rings. The summed E-state index contributed by atoms with van der Waals surface area (Å²) in [5, 5.41) is 4.23. The lowest BCUT2D eigenvalue weighted by Gasteiger charge is -2.16. The Morgan fingerprint density at radius 1 is 1.19 bits per heavy atom. The zero-order valence-electron chi connectivity index (χ0n) is 15.5. The van der Waals surface area contributed by atoms with Crippen molar-refractivity contribution >= 4 is 0 Å². The Labute approximate surface area is 157 Å². The fraction of sp³-hybridized carbons (Fsp3) is 0.350. The first-order valence-electron chi connectivity index (χ1n) is 9.05. The zero-order chi connectivity index (χ0) is 18.8. The summed E-state index contributed by atoms with van der Waals surface area (Å²) in [5.74, 6) is 1.84. The second-order valence-electron chi connectivity index (χ2n) is 6.93. The molecular weight excluding hydrogens is 345 g/mol. The summed E-state index contributed by atoms with van der Waals surface area (Å²) in [6, 6.07) is 9.78. The van der Waals surface area contributed by atoms with Crippen LogP contribution in [-0.2, 0) is 13.6 Å². The summed E-state index contributed by atoms with van der Waals surface area (Å²) in [5.41, 5.74) is 2.06. The van der Waals surface area contributed by atoms with E-state index >= 15 is 0 Å². The summed E-state index contributed by atoms with van der Waals surface area (Å²) in [6.07, 6.45) is 2.84. The van der Waals surface area contributed by atoms with Gasteiger partial charge in [-0.15, -0.1) is 0 Å². The lowest BCUT2D eigenvalue weighted by molar-refractivity contribution is 0.315. The third kappa shape index (κ3) is 4.14. The molecule has 3 heterocycles. The maximum atomic E-state index is 13.1. The van der Waals surface area contributed by atoms with Crippen molar-refractivity contribution in [2.24, 2.45) is 7.05 Å². The van der Waals surface area contributed by atoms with Gasteiger partial charge in [-0.2, -0.15) is 10.1 Å². The monoisotopic (exact) mass is 367 g/mol. The van der Waals surface area contributed by atoms with Gasteiger partial charge in [-0.3, -0.25) is 9.58 Å². The number of hydrogen-bond acceptors (Lipinski definition) is 5. The third-order valence-corrected chi connectivity index (χ3v) is 4.83. The van der Waals surface area contributed by atoms with Gasteiger partial charge < -0.3 is 4.74 Å². The molecule has 0 aliphatic carbocycles. The number of aromatic nitrogens is 4. The van der Waals surface area contributed by atoms with Gasteiger partial charge >= 0.3 is 0 Å². The van der Waals surface area contributed by atoms with Crippen LogP contribution in [0, 0.1) is 12.7 Å². The average Bonchev–Trinajstić information content (AvgIpc) is 3.27. The van der Waals surface area contributed by atoms with E-state index < -0.39 is 0 Å². The largest absolute Gasteiger partial charge is 0.439 e. The molecule has 0 saturated carbocycles. The number of benzene rings is 1. The number of likely N-dealkylation sites (tertiary alicyclic amines) is 1. The fourth-order valence-corrected chi connectivity index (χ4v) is 3.39. The molecule has 27 heavy (non-hydrogen) atoms. The van der Waals surface area contributed by atoms with Crippen molar-refractivity contribution in [3.05, 3.63) is 65.6 Å². The number of ether oxygens (including phenoxy) is 1. The van der Waals surface area contributed by atoms with Crippen molar-refractivity contribution in [3.63, 3.8) is 0 Å². The molecular formula is C20H22FN5O. The molecule has 2 aromatic heterocycles. The number of hydrogen-bond donors (Lipinski definition) is 0. The van der Waals surface area contributed by atoms with Crippen molar-refractivity contribution < 1.29 is 9.13 Å². The van der Waals surface area contributed by atoms with E-state index in [0.717, 1.165) is 37.6 Å². The normalized spacial score (nSPS) is 17.4. The van der Waals surface area contributed by atoms with Crippen LogP contribution in [0.4, 0.5) is 4.39 Å². The molecule has 1 aliphatic heterocycles. The van der Waals surface area contributed by atoms with Crippen molar-refractivity contribution in [1.82, 2.24) is 24.6 Å². The van der Waals surface area contributed by atoms with E-state index in [-0.39, 0.29) is 11.7 Å². The highest BCUT2D eigenvalue weighted by atomic mass is 19.1. The lowest BCUT2D eigenvalue weighted by Crippen LogP contribution is -2.21. The van der Waals surface area contributed by atoms with Crippen LogP contribution in [0.1, 0.15) is 29.6 Å². The molecule has 1 fully saturated rings. The molecule has 0 radical (unpaired) electrons. The lowest BCUT2D eigenvalue weighted by atomic mass is 10.1. The van der Waals surface area contributed by atoms with Crippen molar-refractivity contribution in [2.45, 2.75) is 25.8 Å². The second-order valence-corrected chi connectivity index (χ2v) is 6.93. The van der Waals surface area contributed by atoms with Crippen LogP contribution in [0.25, 0.3) is 0 Å². The van der Waals surface area contributed by atoms with Crippen LogP contribution in [0.5, 0.6) is 11.6 Å². The fourth-order valence-electron chi connectivity index (χ4n) is 3.39. The molecule has 1 aromatic carbocycles. The summed E-state index contributed by atoms with van der Waals surface area (Å²) < 4.78 is 20.8. The van der Waals surface area contributed by atoms with E-state index in [0.29, 0.717) is 11.6 Å². The summed E-state index contributed by atoms with van der Waals surface area (Å²) in [4.78, 5) is 11.6. The van der Waals surface area contributed by atoms with Crippen LogP contribution in [0.15, 0.2) is 42.6 Å². The first-order chi connectivity index (χ1) is 13.1. The molecule has 3 aromatic rings. The number of aryl methyl sites for hydroxylation is 2. The Morgan fingerprint density at radius 2 is 2.00 bits per heavy atom. The van der Waals surface area contributed by atoms with E-state index in [1.807, 2.05) is 30.9 Å². The van der Waals surface area contributed by atoms with E-state index in [1.54, 1.807) is 18.2 Å². The highest BCUT2D eigenvalue weighted by Crippen LogP contribution is 2.28. The molecule has 1 saturated heterocycles. The maximum absolute atomic E-state index is 13.1. The first-order valence-corrected chi connectivity index (χ1v) is 9.05. The minimum atomic E-state index is -0.290. The Kier molecular flexibility index (Phi) is 4.85. The van der Waals surface area contributed by atoms with Crippen molar-refractivity contribution in [3.8, 4) is 11.6 Å². The quantitative estimate of drug-likeness (QED) is 0.691. The molecule has 4 rings (SSSR count). The first kappa shape index (κ1) is 17.6. The second kappa shape index (κ2) is 7.44. The van der Waals surface area contributed by atoms with Gasteiger partial charge in [0.05, 0.1) is 5.69 Å². The van der Waals surface area contributed by atoms with Gasteiger partial charge in [0.1, 0.15) is 17.4 Å². The van der Waals surface area contributed by atoms with Crippen LogP contribution in [0.2, 0.25) is 0 Å². The van der Waals surface area contributed by atoms with Crippen molar-refractivity contribution in [1.29, 1.82) is 0 Å². The summed E-state index contributed by atoms with van der Waals surface area (Å²) >= 11 is 0. The van der Waals surface area contributed by atoms with E-state index in [9.17, 15) is 4.39 Å². The third-order valence-electron chi connectivity index (χ3n) is 4.83. The Bertz CT molecular complexity index is 924. The molecule has 1 atom stereocenters. The molecule has 0 spiro atoms. The molecule has 7 heteroatoms. The van der Waals surface area contributed by atoms with Crippen LogP contribution in [0.3, 0.4) is 0 Å². The summed E-state index contributed by atoms with van der Waals surface area (Å²) in [7, 11) is 1.96. The zero-order valence-corrected chi connectivity index (χ0v) is 15.5. The number of rotatable bonds is 5. The average molecular weight is 367 g/mol. The minimum Gasteiger partial charge on any atom is -0.439 e. The van der Waals surface area contributed by atoms with Gasteiger partial charge in [0.2, 0.25) is 5.88 Å². The van der Waals surface area contributed by atoms with Gasteiger partial charge in [-0.05, 0) is 50.2 Å². The van der Waals surface area contributed by atoms with Gasteiger partial charge in [0, 0.05) is 44.0 Å². The van der Waals surface area contributed by atoms with Gasteiger partial charge in [0.15, 0.2) is 0 Å². The molecule has 0 amide bonds. The highest BCUT2D eigenvalue weighted by molar-refractivity contribution is 5.28. The van der Waals surface area contributed by atoms with Crippen LogP contribution in [-0.4, -0.2) is 37.7 Å². The number of nitrogens with zero attached hydrogens (tertiary/aromatic N) is 5. The molecule has 140 valence electrons. The predicted molar refractivity (Wildman–Crippen MR) is 99.1 cm³/mol. The molecule has 0 unspecified atom stereocenters. The SMILES string of the molecule is Cc1cc(Oc2ccc(F)cc2)nc([C@H]2CCN(Cc3ccnn3C)C2)n1. The van der Waals surface area contributed by atoms with Crippen LogP contribution >= 0.6 is 0 Å². The van der Waals surface area contributed by atoms with E-state index in [4.69, 9.17) is 4.74 Å². The summed E-state index contributed by atoms with van der Waals surface area (Å²) in [6.45, 7) is 4.72. The van der Waals surface area contributed by atoms with E-state index in [2.05, 4.69) is 20.0 Å². The number of halogens is 1. The molecule has 0 N–H and O–H groups in total. The highest BCUT2D eigenvalue weighted by Gasteiger charge is 2.27. The standard InChI is InChI=1S/C20H22FN5O/c1-14-11-19(27-18-5-3-16(21)4-6-18)24-20(23-14)15-8-10-26(12-15)13-17-7-9-22-25(17)2/h3-7,9,11,15H,8,10,12-13H2,1-2H3/t15-/m0/s1. The topological polar surface area (TPSA) is 56.1 Å². The maximum Gasteiger partial charge on any atom is 0.222 e. The minimum absolute atomic E-state index is 0.272. The van der Waals surface area contributed by atoms with Gasteiger partial charge in [0.25, 0.3) is 0 Å². The van der Waals surface area contributed by atoms with Gasteiger partial charge in [-0.25, -0.2) is 9.37 Å². The van der Waals surface area contributed by atoms with Crippen LogP contribution < -0.4 is 4.74 Å². The van der Waals surface area contributed by atoms with Gasteiger partial charge in [-0.1, -0.05) is 0 Å². The Balaban J connectivity index is 1.46. The van der Waals surface area contributed by atoms with Crippen molar-refractivity contribution in [2.75, 3.05) is 13.1 Å². The molecule has 0 bridgehead atoms. The molecule has 6 nitrogen and oxygen atoms in total. The Hall–Kier alpha value is -2.80. The predicted octanol–water partition coefficient (Wildman–Crippen LogP) is 3.44. The van der Waals surface area contributed by atoms with E-state index in [1.165, 1.54) is 17.8 Å².